The van der Waals surface area contributed by atoms with Crippen LogP contribution in [0.15, 0.2) is 17.1 Å². The highest BCUT2D eigenvalue weighted by atomic mass is 28.4. The topological polar surface area (TPSA) is 97.8 Å². The van der Waals surface area contributed by atoms with E-state index in [0.29, 0.717) is 0 Å². The minimum absolute atomic E-state index is 0.194. The zero-order valence-corrected chi connectivity index (χ0v) is 26.8. The molecule has 35 heavy (non-hydrogen) atoms. The molecule has 2 heterocycles. The zero-order chi connectivity index (χ0) is 26.4. The summed E-state index contributed by atoms with van der Waals surface area (Å²) in [6.45, 7) is 19.8. The van der Waals surface area contributed by atoms with Gasteiger partial charge in [0, 0.05) is 6.20 Å². The van der Waals surface area contributed by atoms with Crippen LogP contribution in [0.5, 0.6) is 0 Å². The Morgan fingerprint density at radius 2 is 1.66 bits per heavy atom. The summed E-state index contributed by atoms with van der Waals surface area (Å²) in [5.74, 6) is 0.194. The molecule has 0 spiro atoms. The number of nitrogens with zero attached hydrogens (tertiary/aromatic N) is 2. The molecule has 1 aromatic heterocycles. The minimum atomic E-state index is -2.07. The summed E-state index contributed by atoms with van der Waals surface area (Å²) < 4.78 is 28.8. The van der Waals surface area contributed by atoms with Crippen molar-refractivity contribution in [3.05, 3.63) is 22.7 Å². The van der Waals surface area contributed by atoms with Gasteiger partial charge < -0.3 is 23.7 Å². The molecule has 1 aliphatic rings. The molecule has 0 aromatic carbocycles. The molecular weight excluding hydrogens is 495 g/mol. The van der Waals surface area contributed by atoms with Gasteiger partial charge in [-0.25, -0.2) is 4.79 Å². The first kappa shape index (κ1) is 30.4. The number of anilines is 1. The lowest BCUT2D eigenvalue weighted by molar-refractivity contribution is -0.121. The molecule has 5 unspecified atom stereocenters. The molecular formula is C24H49N3O5Si3. The molecule has 8 nitrogen and oxygen atoms in total. The maximum Gasteiger partial charge on any atom is 0.351 e. The van der Waals surface area contributed by atoms with Crippen LogP contribution in [-0.2, 0) is 18.0 Å². The highest BCUT2D eigenvalue weighted by Gasteiger charge is 2.56. The van der Waals surface area contributed by atoms with Crippen molar-refractivity contribution in [3.8, 4) is 0 Å². The smallest absolute Gasteiger partial charge is 0.351 e. The van der Waals surface area contributed by atoms with Gasteiger partial charge in [0.05, 0.1) is 5.60 Å². The molecule has 0 amide bonds. The van der Waals surface area contributed by atoms with Crippen LogP contribution >= 0.6 is 0 Å². The van der Waals surface area contributed by atoms with E-state index in [-0.39, 0.29) is 18.0 Å². The second-order valence-electron chi connectivity index (χ2n) is 11.2. The zero-order valence-electron chi connectivity index (χ0n) is 23.4. The molecule has 0 aliphatic carbocycles. The van der Waals surface area contributed by atoms with E-state index in [9.17, 15) is 4.79 Å². The fraction of sp³-hybridized carbons (Fsp3) is 0.833. The Labute approximate surface area is 216 Å². The summed E-state index contributed by atoms with van der Waals surface area (Å²) in [5.41, 5.74) is 4.84. The molecule has 2 rings (SSSR count). The van der Waals surface area contributed by atoms with Gasteiger partial charge >= 0.3 is 5.69 Å². The van der Waals surface area contributed by atoms with Crippen molar-refractivity contribution >= 4 is 32.2 Å². The molecule has 2 N–H and O–H groups in total. The number of nitrogens with two attached hydrogens (primary N) is 1. The maximum atomic E-state index is 13.0. The van der Waals surface area contributed by atoms with Crippen LogP contribution in [-0.4, -0.2) is 59.9 Å². The first-order chi connectivity index (χ1) is 16.3. The second kappa shape index (κ2) is 12.6. The Hall–Kier alpha value is -0.829. The van der Waals surface area contributed by atoms with E-state index in [2.05, 4.69) is 65.4 Å². The highest BCUT2D eigenvalue weighted by molar-refractivity contribution is 6.71. The standard InChI is InChI=1S/C24H49N3O5Si3/c1-10-14-24(4,32-33-5)21-19(30-34(6,7)16-11-2)20(31-35(8,9)17-12-3)22(29-21)27-15-13-18(25)26-23(27)28/h13,15,19-22H,10-12,14,16-17,33H2,1-9H3,(H2,25,26,28). The minimum Gasteiger partial charge on any atom is -0.416 e. The van der Waals surface area contributed by atoms with Gasteiger partial charge in [-0.05, 0) is 57.7 Å². The van der Waals surface area contributed by atoms with Gasteiger partial charge in [-0.1, -0.05) is 46.6 Å². The largest absolute Gasteiger partial charge is 0.416 e. The predicted octanol–water partition coefficient (Wildman–Crippen LogP) is 4.43. The third-order valence-corrected chi connectivity index (χ3v) is 12.9. The van der Waals surface area contributed by atoms with E-state index in [1.54, 1.807) is 12.3 Å². The number of ether oxygens (including phenoxy) is 1. The van der Waals surface area contributed by atoms with Gasteiger partial charge in [0.2, 0.25) is 0 Å². The van der Waals surface area contributed by atoms with Crippen molar-refractivity contribution < 1.29 is 18.0 Å². The van der Waals surface area contributed by atoms with Crippen molar-refractivity contribution in [2.45, 2.75) is 128 Å². The van der Waals surface area contributed by atoms with Crippen LogP contribution in [0.25, 0.3) is 0 Å². The summed E-state index contributed by atoms with van der Waals surface area (Å²) in [6.07, 6.45) is 3.81. The Bertz CT molecular complexity index is 861. The first-order valence-electron chi connectivity index (χ1n) is 13.3. The highest BCUT2D eigenvalue weighted by Crippen LogP contribution is 2.43. The maximum absolute atomic E-state index is 13.0. The lowest BCUT2D eigenvalue weighted by Gasteiger charge is -2.41. The second-order valence-corrected chi connectivity index (χ2v) is 20.5. The van der Waals surface area contributed by atoms with Crippen molar-refractivity contribution in [1.29, 1.82) is 0 Å². The van der Waals surface area contributed by atoms with E-state index in [1.807, 2.05) is 0 Å². The number of aromatic nitrogens is 2. The predicted molar refractivity (Wildman–Crippen MR) is 151 cm³/mol. The normalized spacial score (nSPS) is 25.4. The quantitative estimate of drug-likeness (QED) is 0.347. The number of rotatable bonds is 14. The van der Waals surface area contributed by atoms with Crippen molar-refractivity contribution in [3.63, 3.8) is 0 Å². The molecule has 1 saturated heterocycles. The van der Waals surface area contributed by atoms with Crippen LogP contribution in [0, 0.1) is 0 Å². The Morgan fingerprint density at radius 1 is 1.09 bits per heavy atom. The van der Waals surface area contributed by atoms with Crippen LogP contribution in [0.3, 0.4) is 0 Å². The lowest BCUT2D eigenvalue weighted by Crippen LogP contribution is -2.55. The number of hydrogen-bond acceptors (Lipinski definition) is 7. The fourth-order valence-corrected chi connectivity index (χ4v) is 11.0. The van der Waals surface area contributed by atoms with Crippen molar-refractivity contribution in [2.75, 3.05) is 5.73 Å². The molecule has 1 fully saturated rings. The van der Waals surface area contributed by atoms with E-state index >= 15 is 0 Å². The summed E-state index contributed by atoms with van der Waals surface area (Å²) >= 11 is 0. The first-order valence-corrected chi connectivity index (χ1v) is 21.5. The average Bonchev–Trinajstić information content (AvgIpc) is 3.05. The third kappa shape index (κ3) is 7.83. The van der Waals surface area contributed by atoms with Gasteiger partial charge in [0.25, 0.3) is 0 Å². The van der Waals surface area contributed by atoms with E-state index < -0.39 is 50.0 Å². The molecule has 0 radical (unpaired) electrons. The van der Waals surface area contributed by atoms with Gasteiger partial charge in [-0.2, -0.15) is 4.98 Å². The van der Waals surface area contributed by atoms with Gasteiger partial charge in [0.15, 0.2) is 32.6 Å². The van der Waals surface area contributed by atoms with Crippen LogP contribution < -0.4 is 11.4 Å². The average molecular weight is 544 g/mol. The molecule has 1 aromatic rings. The Balaban J connectivity index is 2.66. The number of hydrogen-bond donors (Lipinski definition) is 1. The van der Waals surface area contributed by atoms with E-state index in [0.717, 1.165) is 37.8 Å². The molecule has 5 atom stereocenters. The fourth-order valence-electron chi connectivity index (χ4n) is 5.41. The van der Waals surface area contributed by atoms with Gasteiger partial charge in [0.1, 0.15) is 24.1 Å². The SMILES string of the molecule is CCCC(C)(O[SiH2]C)C1OC(n2ccc(N)nc2=O)C(O[Si](C)(C)CCC)C1O[Si](C)(C)CCC. The molecule has 11 heteroatoms. The Morgan fingerprint density at radius 3 is 2.14 bits per heavy atom. The summed E-state index contributed by atoms with van der Waals surface area (Å²) in [5, 5.41) is 0. The summed E-state index contributed by atoms with van der Waals surface area (Å²) in [4.78, 5) is 16.9. The van der Waals surface area contributed by atoms with E-state index in [4.69, 9.17) is 23.7 Å². The van der Waals surface area contributed by atoms with Gasteiger partial charge in [-0.15, -0.1) is 0 Å². The monoisotopic (exact) mass is 543 g/mol. The molecule has 1 aliphatic heterocycles. The van der Waals surface area contributed by atoms with Crippen molar-refractivity contribution in [2.24, 2.45) is 0 Å². The van der Waals surface area contributed by atoms with Crippen molar-refractivity contribution in [1.82, 2.24) is 9.55 Å². The van der Waals surface area contributed by atoms with Crippen LogP contribution in [0.1, 0.15) is 59.6 Å². The third-order valence-electron chi connectivity index (χ3n) is 6.75. The molecule has 0 saturated carbocycles. The molecule has 202 valence electrons. The Kier molecular flexibility index (Phi) is 11.0. The van der Waals surface area contributed by atoms with Gasteiger partial charge in [-0.3, -0.25) is 4.57 Å². The van der Waals surface area contributed by atoms with Crippen LogP contribution in [0.4, 0.5) is 5.82 Å². The summed E-state index contributed by atoms with van der Waals surface area (Å²) in [6, 6.07) is 3.69. The molecule has 0 bridgehead atoms. The van der Waals surface area contributed by atoms with E-state index in [1.165, 1.54) is 4.57 Å². The summed E-state index contributed by atoms with van der Waals surface area (Å²) in [7, 11) is -4.83. The van der Waals surface area contributed by atoms with Crippen LogP contribution in [0.2, 0.25) is 44.8 Å². The number of nitrogen functional groups attached to an aromatic ring is 1. The lowest BCUT2D eigenvalue weighted by atomic mass is 9.89.